The molecule has 7 nitrogen and oxygen atoms in total. The second kappa shape index (κ2) is 8.23. The predicted molar refractivity (Wildman–Crippen MR) is 106 cm³/mol. The fourth-order valence-electron chi connectivity index (χ4n) is 2.73. The molecule has 1 heterocycles. The van der Waals surface area contributed by atoms with Crippen molar-refractivity contribution in [3.63, 3.8) is 0 Å². The van der Waals surface area contributed by atoms with E-state index in [1.54, 1.807) is 19.2 Å². The van der Waals surface area contributed by atoms with E-state index >= 15 is 0 Å². The predicted octanol–water partition coefficient (Wildman–Crippen LogP) is 2.54. The van der Waals surface area contributed by atoms with Crippen LogP contribution in [0.25, 0.3) is 10.9 Å². The number of methoxy groups -OCH3 is 1. The van der Waals surface area contributed by atoms with Crippen LogP contribution in [0.4, 0.5) is 11.5 Å². The number of nitrogens with one attached hydrogen (secondary N) is 1. The lowest BCUT2D eigenvalue weighted by atomic mass is 10.0. The van der Waals surface area contributed by atoms with Gasteiger partial charge in [-0.15, -0.1) is 6.42 Å². The normalized spacial score (nSPS) is 11.2. The summed E-state index contributed by atoms with van der Waals surface area (Å²) in [4.78, 5) is 8.55. The van der Waals surface area contributed by atoms with E-state index < -0.39 is 5.79 Å². The van der Waals surface area contributed by atoms with Crippen LogP contribution in [-0.2, 0) is 10.5 Å². The van der Waals surface area contributed by atoms with E-state index in [0.29, 0.717) is 29.1 Å². The average molecular weight is 379 g/mol. The highest BCUT2D eigenvalue weighted by Crippen LogP contribution is 2.34. The first kappa shape index (κ1) is 19.6. The van der Waals surface area contributed by atoms with Gasteiger partial charge >= 0.3 is 0 Å². The van der Waals surface area contributed by atoms with Gasteiger partial charge in [0.1, 0.15) is 24.5 Å². The van der Waals surface area contributed by atoms with E-state index in [1.165, 1.54) is 13.3 Å². The second-order valence-electron chi connectivity index (χ2n) is 6.30. The smallest absolute Gasteiger partial charge is 0.190 e. The number of aliphatic hydroxyl groups is 2. The molecule has 2 aromatic carbocycles. The number of aromatic nitrogens is 2. The summed E-state index contributed by atoms with van der Waals surface area (Å²) in [5.74, 6) is 1.36. The third kappa shape index (κ3) is 4.38. The van der Waals surface area contributed by atoms with Gasteiger partial charge in [-0.05, 0) is 37.3 Å². The zero-order chi connectivity index (χ0) is 20.1. The average Bonchev–Trinajstić information content (AvgIpc) is 2.67. The summed E-state index contributed by atoms with van der Waals surface area (Å²) in [7, 11) is 1.56. The van der Waals surface area contributed by atoms with E-state index in [0.717, 1.165) is 11.3 Å². The molecule has 0 fully saturated rings. The quantitative estimate of drug-likeness (QED) is 0.330. The Balaban J connectivity index is 2.06. The molecule has 3 aromatic rings. The van der Waals surface area contributed by atoms with Crippen LogP contribution >= 0.6 is 0 Å². The van der Waals surface area contributed by atoms with Gasteiger partial charge in [0.15, 0.2) is 5.79 Å². The van der Waals surface area contributed by atoms with Gasteiger partial charge in [-0.3, -0.25) is 0 Å². The lowest BCUT2D eigenvalue weighted by Gasteiger charge is -2.21. The summed E-state index contributed by atoms with van der Waals surface area (Å²) in [5.41, 5.74) is 2.25. The molecule has 7 heteroatoms. The number of benzene rings is 2. The first-order valence-electron chi connectivity index (χ1n) is 8.62. The fourth-order valence-corrected chi connectivity index (χ4v) is 2.73. The minimum atomic E-state index is -2.09. The molecule has 0 bridgehead atoms. The first-order chi connectivity index (χ1) is 13.4. The zero-order valence-corrected chi connectivity index (χ0v) is 15.6. The van der Waals surface area contributed by atoms with Gasteiger partial charge in [-0.2, -0.15) is 0 Å². The molecule has 0 aliphatic heterocycles. The summed E-state index contributed by atoms with van der Waals surface area (Å²) < 4.78 is 10.7. The van der Waals surface area contributed by atoms with Gasteiger partial charge in [0, 0.05) is 23.7 Å². The van der Waals surface area contributed by atoms with Gasteiger partial charge in [-0.25, -0.2) is 9.97 Å². The zero-order valence-electron chi connectivity index (χ0n) is 15.6. The molecular formula is C21H21N3O4. The summed E-state index contributed by atoms with van der Waals surface area (Å²) in [6, 6.07) is 10.6. The van der Waals surface area contributed by atoms with Crippen molar-refractivity contribution in [3.8, 4) is 18.1 Å². The monoisotopic (exact) mass is 379 g/mol. The number of hydrogen-bond acceptors (Lipinski definition) is 7. The van der Waals surface area contributed by atoms with Crippen LogP contribution in [-0.4, -0.2) is 40.5 Å². The van der Waals surface area contributed by atoms with Gasteiger partial charge < -0.3 is 25.0 Å². The Kier molecular flexibility index (Phi) is 5.76. The minimum absolute atomic E-state index is 0.204. The maximum Gasteiger partial charge on any atom is 0.190 e. The van der Waals surface area contributed by atoms with Crippen molar-refractivity contribution in [2.45, 2.75) is 12.7 Å². The Morgan fingerprint density at radius 3 is 2.71 bits per heavy atom. The third-order valence-electron chi connectivity index (χ3n) is 4.08. The molecule has 3 rings (SSSR count). The molecule has 0 spiro atoms. The highest BCUT2D eigenvalue weighted by atomic mass is 16.5. The molecule has 0 saturated heterocycles. The molecule has 0 radical (unpaired) electrons. The topological polar surface area (TPSA) is 96.7 Å². The molecule has 1 aromatic heterocycles. The Morgan fingerprint density at radius 1 is 1.18 bits per heavy atom. The standard InChI is InChI=1S/C21H21N3O4/c1-4-14-6-5-7-15(10-14)24-20-16-11-19(28-9-8-27-3)17(21(2,25)26)12-18(16)22-13-23-20/h1,5-7,10-13,25-26H,8-9H2,2-3H3,(H,22,23,24). The second-order valence-corrected chi connectivity index (χ2v) is 6.30. The van der Waals surface area contributed by atoms with Crippen molar-refractivity contribution >= 4 is 22.4 Å². The van der Waals surface area contributed by atoms with Crippen molar-refractivity contribution in [1.82, 2.24) is 9.97 Å². The molecule has 0 saturated carbocycles. The Bertz CT molecular complexity index is 1020. The summed E-state index contributed by atoms with van der Waals surface area (Å²) >= 11 is 0. The maximum atomic E-state index is 10.1. The van der Waals surface area contributed by atoms with Crippen molar-refractivity contribution in [1.29, 1.82) is 0 Å². The molecule has 0 amide bonds. The minimum Gasteiger partial charge on any atom is -0.491 e. The van der Waals surface area contributed by atoms with E-state index in [4.69, 9.17) is 15.9 Å². The molecular weight excluding hydrogens is 358 g/mol. The van der Waals surface area contributed by atoms with Gasteiger partial charge in [0.25, 0.3) is 0 Å². The van der Waals surface area contributed by atoms with Gasteiger partial charge in [0.05, 0.1) is 17.7 Å². The van der Waals surface area contributed by atoms with Crippen molar-refractivity contribution in [2.24, 2.45) is 0 Å². The summed E-state index contributed by atoms with van der Waals surface area (Å²) in [6.45, 7) is 1.88. The van der Waals surface area contributed by atoms with Crippen LogP contribution < -0.4 is 10.1 Å². The Morgan fingerprint density at radius 2 is 2.00 bits per heavy atom. The van der Waals surface area contributed by atoms with Crippen molar-refractivity contribution < 1.29 is 19.7 Å². The number of rotatable bonds is 7. The van der Waals surface area contributed by atoms with Crippen LogP contribution in [0.5, 0.6) is 5.75 Å². The molecule has 0 aliphatic carbocycles. The molecule has 28 heavy (non-hydrogen) atoms. The largest absolute Gasteiger partial charge is 0.491 e. The van der Waals surface area contributed by atoms with Gasteiger partial charge in [0.2, 0.25) is 0 Å². The van der Waals surface area contributed by atoms with Gasteiger partial charge in [-0.1, -0.05) is 12.0 Å². The fraction of sp³-hybridized carbons (Fsp3) is 0.238. The lowest BCUT2D eigenvalue weighted by molar-refractivity contribution is -0.153. The van der Waals surface area contributed by atoms with E-state index in [2.05, 4.69) is 21.2 Å². The van der Waals surface area contributed by atoms with Crippen LogP contribution in [0.15, 0.2) is 42.7 Å². The van der Waals surface area contributed by atoms with E-state index in [9.17, 15) is 10.2 Å². The molecule has 0 unspecified atom stereocenters. The van der Waals surface area contributed by atoms with E-state index in [1.807, 2.05) is 24.3 Å². The van der Waals surface area contributed by atoms with Crippen LogP contribution in [0.2, 0.25) is 0 Å². The highest BCUT2D eigenvalue weighted by molar-refractivity contribution is 5.92. The number of anilines is 2. The van der Waals surface area contributed by atoms with Crippen LogP contribution in [0, 0.1) is 12.3 Å². The number of fused-ring (bicyclic) bond motifs is 1. The molecule has 0 atom stereocenters. The summed E-state index contributed by atoms with van der Waals surface area (Å²) in [6.07, 6.45) is 6.86. The number of hydrogen-bond donors (Lipinski definition) is 3. The van der Waals surface area contributed by atoms with Crippen molar-refractivity contribution in [3.05, 3.63) is 53.9 Å². The third-order valence-corrected chi connectivity index (χ3v) is 4.08. The lowest BCUT2D eigenvalue weighted by Crippen LogP contribution is -2.21. The Hall–Kier alpha value is -3.18. The number of nitrogens with zero attached hydrogens (tertiary/aromatic N) is 2. The SMILES string of the molecule is C#Cc1cccc(Nc2ncnc3cc(C(C)(O)O)c(OCCOC)cc23)c1. The highest BCUT2D eigenvalue weighted by Gasteiger charge is 2.25. The molecule has 0 aliphatic rings. The van der Waals surface area contributed by atoms with Crippen LogP contribution in [0.3, 0.4) is 0 Å². The van der Waals surface area contributed by atoms with E-state index in [-0.39, 0.29) is 12.2 Å². The van der Waals surface area contributed by atoms with Crippen molar-refractivity contribution in [2.75, 3.05) is 25.6 Å². The summed E-state index contributed by atoms with van der Waals surface area (Å²) in [5, 5.41) is 24.1. The molecule has 3 N–H and O–H groups in total. The van der Waals surface area contributed by atoms with Crippen LogP contribution in [0.1, 0.15) is 18.1 Å². The first-order valence-corrected chi connectivity index (χ1v) is 8.62. The number of ether oxygens (including phenoxy) is 2. The maximum absolute atomic E-state index is 10.1. The molecule has 144 valence electrons. The Labute approximate surface area is 163 Å². The number of terminal acetylenes is 1.